The third-order valence-electron chi connectivity index (χ3n) is 5.97. The summed E-state index contributed by atoms with van der Waals surface area (Å²) in [7, 11) is -3.38. The first-order valence-corrected chi connectivity index (χ1v) is 11.9. The summed E-state index contributed by atoms with van der Waals surface area (Å²) in [6, 6.07) is 15.4. The van der Waals surface area contributed by atoms with Crippen molar-refractivity contribution < 1.29 is 13.2 Å². The van der Waals surface area contributed by atoms with Crippen molar-refractivity contribution in [3.05, 3.63) is 65.2 Å². The SMILES string of the molecule is O=C(CCc1ccc(S(=O)(=O)N2CCCC2)cc1)N[C@@H]1CCCc2ccccc21. The number of fused-ring (bicyclic) bond motifs is 1. The van der Waals surface area contributed by atoms with Gasteiger partial charge in [-0.1, -0.05) is 36.4 Å². The van der Waals surface area contributed by atoms with E-state index in [-0.39, 0.29) is 11.9 Å². The maximum absolute atomic E-state index is 12.6. The van der Waals surface area contributed by atoms with Crippen LogP contribution < -0.4 is 5.32 Å². The highest BCUT2D eigenvalue weighted by molar-refractivity contribution is 7.89. The number of amides is 1. The number of hydrogen-bond acceptors (Lipinski definition) is 3. The topological polar surface area (TPSA) is 66.5 Å². The molecule has 29 heavy (non-hydrogen) atoms. The molecule has 0 bridgehead atoms. The van der Waals surface area contributed by atoms with Gasteiger partial charge in [-0.15, -0.1) is 0 Å². The normalized spacial score (nSPS) is 19.7. The molecule has 2 aromatic carbocycles. The molecule has 5 nitrogen and oxygen atoms in total. The van der Waals surface area contributed by atoms with Crippen LogP contribution in [0.25, 0.3) is 0 Å². The van der Waals surface area contributed by atoms with E-state index in [2.05, 4.69) is 23.5 Å². The van der Waals surface area contributed by atoms with Crippen LogP contribution in [0.1, 0.15) is 54.8 Å². The third-order valence-corrected chi connectivity index (χ3v) is 7.88. The number of sulfonamides is 1. The second-order valence-electron chi connectivity index (χ2n) is 7.97. The molecular formula is C23H28N2O3S. The van der Waals surface area contributed by atoms with Crippen LogP contribution in [0.2, 0.25) is 0 Å². The van der Waals surface area contributed by atoms with Crippen LogP contribution in [-0.2, 0) is 27.7 Å². The van der Waals surface area contributed by atoms with E-state index in [0.29, 0.717) is 30.8 Å². The van der Waals surface area contributed by atoms with Gasteiger partial charge in [0.1, 0.15) is 0 Å². The van der Waals surface area contributed by atoms with Gasteiger partial charge in [0.2, 0.25) is 15.9 Å². The molecule has 0 spiro atoms. The summed E-state index contributed by atoms with van der Waals surface area (Å²) < 4.78 is 26.7. The first-order chi connectivity index (χ1) is 14.0. The third kappa shape index (κ3) is 4.54. The van der Waals surface area contributed by atoms with E-state index in [9.17, 15) is 13.2 Å². The Morgan fingerprint density at radius 2 is 1.72 bits per heavy atom. The molecule has 0 radical (unpaired) electrons. The second kappa shape index (κ2) is 8.67. The van der Waals surface area contributed by atoms with Gasteiger partial charge in [-0.2, -0.15) is 4.31 Å². The lowest BCUT2D eigenvalue weighted by molar-refractivity contribution is -0.121. The number of aryl methyl sites for hydroxylation is 2. The predicted molar refractivity (Wildman–Crippen MR) is 113 cm³/mol. The van der Waals surface area contributed by atoms with Gasteiger partial charge in [-0.05, 0) is 67.3 Å². The van der Waals surface area contributed by atoms with E-state index < -0.39 is 10.0 Å². The van der Waals surface area contributed by atoms with Gasteiger partial charge in [0, 0.05) is 19.5 Å². The largest absolute Gasteiger partial charge is 0.349 e. The summed E-state index contributed by atoms with van der Waals surface area (Å²) >= 11 is 0. The Kier molecular flexibility index (Phi) is 6.01. The highest BCUT2D eigenvalue weighted by Gasteiger charge is 2.27. The van der Waals surface area contributed by atoms with Crippen LogP contribution >= 0.6 is 0 Å². The van der Waals surface area contributed by atoms with E-state index >= 15 is 0 Å². The van der Waals surface area contributed by atoms with E-state index in [1.807, 2.05) is 18.2 Å². The molecular weight excluding hydrogens is 384 g/mol. The zero-order valence-electron chi connectivity index (χ0n) is 16.6. The highest BCUT2D eigenvalue weighted by Crippen LogP contribution is 2.29. The number of hydrogen-bond donors (Lipinski definition) is 1. The standard InChI is InChI=1S/C23H28N2O3S/c26-23(24-22-9-5-7-19-6-1-2-8-21(19)22)15-12-18-10-13-20(14-11-18)29(27,28)25-16-3-4-17-25/h1-2,6,8,10-11,13-14,22H,3-5,7,9,12,15-17H2,(H,24,26)/t22-/m1/s1. The number of nitrogens with one attached hydrogen (secondary N) is 1. The second-order valence-corrected chi connectivity index (χ2v) is 9.90. The van der Waals surface area contributed by atoms with Crippen LogP contribution in [-0.4, -0.2) is 31.7 Å². The summed E-state index contributed by atoms with van der Waals surface area (Å²) in [5.41, 5.74) is 3.55. The van der Waals surface area contributed by atoms with Crippen molar-refractivity contribution in [3.63, 3.8) is 0 Å². The fourth-order valence-electron chi connectivity index (χ4n) is 4.33. The summed E-state index contributed by atoms with van der Waals surface area (Å²) in [6.07, 6.45) is 6.01. The lowest BCUT2D eigenvalue weighted by Gasteiger charge is -2.26. The minimum Gasteiger partial charge on any atom is -0.349 e. The summed E-state index contributed by atoms with van der Waals surface area (Å²) in [6.45, 7) is 1.21. The van der Waals surface area contributed by atoms with Crippen LogP contribution in [0.3, 0.4) is 0 Å². The van der Waals surface area contributed by atoms with E-state index in [1.165, 1.54) is 11.1 Å². The van der Waals surface area contributed by atoms with Crippen LogP contribution in [0, 0.1) is 0 Å². The first kappa shape index (κ1) is 20.1. The Balaban J connectivity index is 1.33. The zero-order valence-corrected chi connectivity index (χ0v) is 17.5. The Hall–Kier alpha value is -2.18. The quantitative estimate of drug-likeness (QED) is 0.788. The van der Waals surface area contributed by atoms with Crippen molar-refractivity contribution in [2.24, 2.45) is 0 Å². The average Bonchev–Trinajstić information content (AvgIpc) is 3.29. The number of carbonyl (C=O) groups is 1. The van der Waals surface area contributed by atoms with Crippen molar-refractivity contribution >= 4 is 15.9 Å². The van der Waals surface area contributed by atoms with Crippen molar-refractivity contribution in [2.45, 2.75) is 55.9 Å². The number of nitrogens with zero attached hydrogens (tertiary/aromatic N) is 1. The van der Waals surface area contributed by atoms with Crippen molar-refractivity contribution in [1.82, 2.24) is 9.62 Å². The van der Waals surface area contributed by atoms with Gasteiger partial charge < -0.3 is 5.32 Å². The maximum atomic E-state index is 12.6. The van der Waals surface area contributed by atoms with Gasteiger partial charge in [-0.3, -0.25) is 4.79 Å². The fraction of sp³-hybridized carbons (Fsp3) is 0.435. The van der Waals surface area contributed by atoms with E-state index in [4.69, 9.17) is 0 Å². The molecule has 1 fully saturated rings. The molecule has 1 heterocycles. The fourth-order valence-corrected chi connectivity index (χ4v) is 5.85. The molecule has 0 aromatic heterocycles. The highest BCUT2D eigenvalue weighted by atomic mass is 32.2. The van der Waals surface area contributed by atoms with Crippen LogP contribution in [0.4, 0.5) is 0 Å². The predicted octanol–water partition coefficient (Wildman–Crippen LogP) is 3.60. The van der Waals surface area contributed by atoms with Gasteiger partial charge in [-0.25, -0.2) is 8.42 Å². The first-order valence-electron chi connectivity index (χ1n) is 10.5. The van der Waals surface area contributed by atoms with Crippen LogP contribution in [0.5, 0.6) is 0 Å². The molecule has 6 heteroatoms. The summed E-state index contributed by atoms with van der Waals surface area (Å²) in [5.74, 6) is 0.0421. The van der Waals surface area contributed by atoms with Gasteiger partial charge in [0.05, 0.1) is 10.9 Å². The smallest absolute Gasteiger partial charge is 0.243 e. The number of benzene rings is 2. The van der Waals surface area contributed by atoms with Crippen molar-refractivity contribution in [1.29, 1.82) is 0 Å². The molecule has 2 aliphatic rings. The minimum absolute atomic E-state index is 0.0421. The Labute approximate surface area is 173 Å². The average molecular weight is 413 g/mol. The van der Waals surface area contributed by atoms with Gasteiger partial charge in [0.15, 0.2) is 0 Å². The molecule has 154 valence electrons. The monoisotopic (exact) mass is 412 g/mol. The molecule has 2 aromatic rings. The van der Waals surface area contributed by atoms with Crippen molar-refractivity contribution in [2.75, 3.05) is 13.1 Å². The summed E-state index contributed by atoms with van der Waals surface area (Å²) in [5, 5.41) is 3.18. The zero-order chi connectivity index (χ0) is 20.3. The Bertz CT molecular complexity index is 964. The molecule has 1 atom stereocenters. The Morgan fingerprint density at radius 3 is 2.48 bits per heavy atom. The molecule has 1 N–H and O–H groups in total. The van der Waals surface area contributed by atoms with E-state index in [1.54, 1.807) is 16.4 Å². The van der Waals surface area contributed by atoms with Gasteiger partial charge in [0.25, 0.3) is 0 Å². The lowest BCUT2D eigenvalue weighted by atomic mass is 9.87. The molecule has 0 unspecified atom stereocenters. The molecule has 1 aliphatic heterocycles. The number of rotatable bonds is 6. The van der Waals surface area contributed by atoms with E-state index in [0.717, 1.165) is 37.7 Å². The number of carbonyl (C=O) groups excluding carboxylic acids is 1. The van der Waals surface area contributed by atoms with Crippen molar-refractivity contribution in [3.8, 4) is 0 Å². The summed E-state index contributed by atoms with van der Waals surface area (Å²) in [4.78, 5) is 12.8. The lowest BCUT2D eigenvalue weighted by Crippen LogP contribution is -2.31. The minimum atomic E-state index is -3.38. The molecule has 1 amide bonds. The van der Waals surface area contributed by atoms with Crippen LogP contribution in [0.15, 0.2) is 53.4 Å². The molecule has 0 saturated carbocycles. The molecule has 1 saturated heterocycles. The Morgan fingerprint density at radius 1 is 1.00 bits per heavy atom. The maximum Gasteiger partial charge on any atom is 0.243 e. The molecule has 4 rings (SSSR count). The molecule has 1 aliphatic carbocycles. The van der Waals surface area contributed by atoms with Gasteiger partial charge >= 0.3 is 0 Å².